The highest BCUT2D eigenvalue weighted by Gasteiger charge is 2.14. The highest BCUT2D eigenvalue weighted by Crippen LogP contribution is 2.15. The van der Waals surface area contributed by atoms with Crippen molar-refractivity contribution in [1.82, 2.24) is 10.3 Å². The first kappa shape index (κ1) is 18.0. The number of amides is 1. The number of pyridine rings is 1. The molecule has 126 valence electrons. The summed E-state index contributed by atoms with van der Waals surface area (Å²) in [6.07, 6.45) is 1.65. The van der Waals surface area contributed by atoms with Crippen LogP contribution in [0.5, 0.6) is 0 Å². The van der Waals surface area contributed by atoms with Gasteiger partial charge >= 0.3 is 0 Å². The topological polar surface area (TPSA) is 85.8 Å². The van der Waals surface area contributed by atoms with E-state index < -0.39 is 0 Å². The van der Waals surface area contributed by atoms with Crippen LogP contribution < -0.4 is 10.9 Å². The number of nitriles is 1. The second kappa shape index (κ2) is 7.93. The van der Waals surface area contributed by atoms with Crippen LogP contribution in [0.25, 0.3) is 0 Å². The van der Waals surface area contributed by atoms with Gasteiger partial charge in [-0.1, -0.05) is 6.07 Å². The van der Waals surface area contributed by atoms with Crippen molar-refractivity contribution in [1.29, 1.82) is 5.26 Å². The maximum absolute atomic E-state index is 12.2. The summed E-state index contributed by atoms with van der Waals surface area (Å²) in [6.45, 7) is 5.54. The van der Waals surface area contributed by atoms with Crippen molar-refractivity contribution >= 4 is 17.2 Å². The van der Waals surface area contributed by atoms with Gasteiger partial charge in [0.15, 0.2) is 0 Å². The first-order valence-corrected chi connectivity index (χ1v) is 8.74. The molecule has 2 rings (SSSR count). The summed E-state index contributed by atoms with van der Waals surface area (Å²) in [4.78, 5) is 27.8. The highest BCUT2D eigenvalue weighted by molar-refractivity contribution is 7.09. The number of H-pyrrole nitrogens is 1. The molecular formula is C18H21N3O2S. The molecule has 0 aliphatic heterocycles. The second-order valence-electron chi connectivity index (χ2n) is 5.92. The third-order valence-corrected chi connectivity index (χ3v) is 4.92. The third-order valence-electron chi connectivity index (χ3n) is 4.02. The summed E-state index contributed by atoms with van der Waals surface area (Å²) in [7, 11) is 0. The molecule has 0 fully saturated rings. The molecule has 6 heteroatoms. The minimum atomic E-state index is -0.370. The molecule has 5 nitrogen and oxygen atoms in total. The summed E-state index contributed by atoms with van der Waals surface area (Å²) in [5.41, 5.74) is 2.01. The Kier molecular flexibility index (Phi) is 5.93. The number of hydrogen-bond donors (Lipinski definition) is 2. The Hall–Kier alpha value is -2.39. The molecule has 0 aliphatic rings. The Morgan fingerprint density at radius 3 is 2.83 bits per heavy atom. The van der Waals surface area contributed by atoms with Gasteiger partial charge in [-0.05, 0) is 49.8 Å². The summed E-state index contributed by atoms with van der Waals surface area (Å²) in [5, 5.41) is 14.1. The number of aromatic amines is 1. The Balaban J connectivity index is 1.97. The molecule has 2 N–H and O–H groups in total. The molecule has 0 saturated heterocycles. The summed E-state index contributed by atoms with van der Waals surface area (Å²) in [6, 6.07) is 6.07. The molecule has 1 unspecified atom stereocenters. The van der Waals surface area contributed by atoms with Gasteiger partial charge < -0.3 is 10.3 Å². The molecule has 0 spiro atoms. The van der Waals surface area contributed by atoms with Crippen LogP contribution in [0.1, 0.15) is 40.6 Å². The van der Waals surface area contributed by atoms with Gasteiger partial charge in [-0.25, -0.2) is 0 Å². The van der Waals surface area contributed by atoms with E-state index in [0.717, 1.165) is 17.7 Å². The molecule has 1 atom stereocenters. The van der Waals surface area contributed by atoms with Crippen LogP contribution in [0.15, 0.2) is 22.3 Å². The van der Waals surface area contributed by atoms with E-state index in [1.165, 1.54) is 4.88 Å². The largest absolute Gasteiger partial charge is 0.353 e. The zero-order valence-corrected chi connectivity index (χ0v) is 14.9. The van der Waals surface area contributed by atoms with Crippen molar-refractivity contribution < 1.29 is 4.79 Å². The van der Waals surface area contributed by atoms with Crippen LogP contribution in [0, 0.1) is 25.2 Å². The van der Waals surface area contributed by atoms with E-state index >= 15 is 0 Å². The second-order valence-corrected chi connectivity index (χ2v) is 6.95. The number of thiophene rings is 1. The summed E-state index contributed by atoms with van der Waals surface area (Å²) >= 11 is 1.68. The van der Waals surface area contributed by atoms with Crippen molar-refractivity contribution in [2.75, 3.05) is 0 Å². The number of aryl methyl sites for hydroxylation is 1. The zero-order chi connectivity index (χ0) is 17.7. The van der Waals surface area contributed by atoms with Crippen LogP contribution in [-0.4, -0.2) is 16.9 Å². The first-order chi connectivity index (χ1) is 11.4. The smallest absolute Gasteiger partial charge is 0.266 e. The average Bonchev–Trinajstić information content (AvgIpc) is 2.99. The van der Waals surface area contributed by atoms with Crippen LogP contribution in [-0.2, 0) is 17.6 Å². The summed E-state index contributed by atoms with van der Waals surface area (Å²) in [5.74, 6) is -0.0254. The standard InChI is InChI=1S/C18H21N3O2S/c1-11(9-14-5-4-8-24-14)20-17(22)7-6-15-12(2)16(10-19)18(23)21-13(15)3/h4-5,8,11H,6-7,9H2,1-3H3,(H,20,22)(H,21,23). The van der Waals surface area contributed by atoms with Gasteiger partial charge in [0.1, 0.15) is 11.6 Å². The third kappa shape index (κ3) is 4.33. The molecule has 0 saturated carbocycles. The molecule has 2 aromatic heterocycles. The molecule has 2 heterocycles. The minimum absolute atomic E-state index is 0.0254. The van der Waals surface area contributed by atoms with E-state index in [4.69, 9.17) is 5.26 Å². The van der Waals surface area contributed by atoms with Gasteiger partial charge in [-0.2, -0.15) is 5.26 Å². The predicted octanol–water partition coefficient (Wildman–Crippen LogP) is 2.60. The van der Waals surface area contributed by atoms with Crippen molar-refractivity contribution in [3.63, 3.8) is 0 Å². The maximum Gasteiger partial charge on any atom is 0.266 e. The quantitative estimate of drug-likeness (QED) is 0.845. The Labute approximate surface area is 145 Å². The van der Waals surface area contributed by atoms with Gasteiger partial charge in [0, 0.05) is 29.5 Å². The Bertz CT molecular complexity index is 816. The lowest BCUT2D eigenvalue weighted by Gasteiger charge is -2.14. The SMILES string of the molecule is Cc1[nH]c(=O)c(C#N)c(C)c1CCC(=O)NC(C)Cc1cccs1. The van der Waals surface area contributed by atoms with Gasteiger partial charge in [0.2, 0.25) is 5.91 Å². The number of carbonyl (C=O) groups is 1. The van der Waals surface area contributed by atoms with E-state index in [0.29, 0.717) is 18.4 Å². The zero-order valence-electron chi connectivity index (χ0n) is 14.1. The van der Waals surface area contributed by atoms with Crippen LogP contribution in [0.4, 0.5) is 0 Å². The fourth-order valence-electron chi connectivity index (χ4n) is 2.79. The molecule has 0 bridgehead atoms. The van der Waals surface area contributed by atoms with Gasteiger partial charge in [-0.15, -0.1) is 11.3 Å². The monoisotopic (exact) mass is 343 g/mol. The van der Waals surface area contributed by atoms with E-state index in [1.54, 1.807) is 25.2 Å². The average molecular weight is 343 g/mol. The number of nitrogens with one attached hydrogen (secondary N) is 2. The van der Waals surface area contributed by atoms with E-state index in [1.807, 2.05) is 24.4 Å². The number of hydrogen-bond acceptors (Lipinski definition) is 4. The minimum Gasteiger partial charge on any atom is -0.353 e. The maximum atomic E-state index is 12.2. The van der Waals surface area contributed by atoms with Crippen molar-refractivity contribution in [3.05, 3.63) is 55.1 Å². The molecule has 0 aliphatic carbocycles. The number of carbonyl (C=O) groups excluding carboxylic acids is 1. The molecular weight excluding hydrogens is 322 g/mol. The van der Waals surface area contributed by atoms with Crippen molar-refractivity contribution in [3.8, 4) is 6.07 Å². The van der Waals surface area contributed by atoms with E-state index in [-0.39, 0.29) is 23.1 Å². The lowest BCUT2D eigenvalue weighted by atomic mass is 9.99. The van der Waals surface area contributed by atoms with E-state index in [2.05, 4.69) is 16.4 Å². The van der Waals surface area contributed by atoms with Gasteiger partial charge in [0.05, 0.1) is 0 Å². The Morgan fingerprint density at radius 2 is 2.21 bits per heavy atom. The molecule has 0 radical (unpaired) electrons. The fraction of sp³-hybridized carbons (Fsp3) is 0.389. The normalized spacial score (nSPS) is 11.8. The number of nitrogens with zero attached hydrogens (tertiary/aromatic N) is 1. The molecule has 0 aromatic carbocycles. The molecule has 24 heavy (non-hydrogen) atoms. The van der Waals surface area contributed by atoms with Gasteiger partial charge in [-0.3, -0.25) is 9.59 Å². The lowest BCUT2D eigenvalue weighted by Crippen LogP contribution is -2.34. The summed E-state index contributed by atoms with van der Waals surface area (Å²) < 4.78 is 0. The van der Waals surface area contributed by atoms with Crippen LogP contribution in [0.3, 0.4) is 0 Å². The fourth-order valence-corrected chi connectivity index (χ4v) is 3.62. The van der Waals surface area contributed by atoms with Crippen LogP contribution in [0.2, 0.25) is 0 Å². The predicted molar refractivity (Wildman–Crippen MR) is 95.2 cm³/mol. The van der Waals surface area contributed by atoms with Crippen molar-refractivity contribution in [2.45, 2.75) is 46.1 Å². The molecule has 1 amide bonds. The first-order valence-electron chi connectivity index (χ1n) is 7.86. The molecule has 2 aromatic rings. The van der Waals surface area contributed by atoms with E-state index in [9.17, 15) is 9.59 Å². The number of rotatable bonds is 6. The Morgan fingerprint density at radius 1 is 1.46 bits per heavy atom. The van der Waals surface area contributed by atoms with Gasteiger partial charge in [0.25, 0.3) is 5.56 Å². The lowest BCUT2D eigenvalue weighted by molar-refractivity contribution is -0.121. The van der Waals surface area contributed by atoms with Crippen LogP contribution >= 0.6 is 11.3 Å². The van der Waals surface area contributed by atoms with Crippen molar-refractivity contribution in [2.24, 2.45) is 0 Å². The number of aromatic nitrogens is 1. The highest BCUT2D eigenvalue weighted by atomic mass is 32.1.